The largest absolute Gasteiger partial charge is 0.302 e. The standard InChI is InChI=1S/C22H26Cl2N2O2S/c23-19-6-2-1-5-18(19)9-13-25-14-10-22(17-25)11-15-26(16-12-22)29(27,28)21-8-4-3-7-20(21)24/h1-8H,9-17H2. The van der Waals surface area contributed by atoms with Crippen LogP contribution in [0.2, 0.25) is 10.0 Å². The molecule has 2 fully saturated rings. The van der Waals surface area contributed by atoms with Crippen molar-refractivity contribution in [2.24, 2.45) is 5.41 Å². The predicted molar refractivity (Wildman–Crippen MR) is 118 cm³/mol. The Kier molecular flexibility index (Phi) is 6.24. The minimum atomic E-state index is -3.53. The lowest BCUT2D eigenvalue weighted by Gasteiger charge is -2.38. The minimum absolute atomic E-state index is 0.213. The molecule has 2 aromatic carbocycles. The summed E-state index contributed by atoms with van der Waals surface area (Å²) in [6.07, 6.45) is 3.89. The fourth-order valence-electron chi connectivity index (χ4n) is 4.60. The highest BCUT2D eigenvalue weighted by Crippen LogP contribution is 2.41. The maximum absolute atomic E-state index is 13.0. The van der Waals surface area contributed by atoms with Crippen molar-refractivity contribution in [1.29, 1.82) is 0 Å². The van der Waals surface area contributed by atoms with Crippen LogP contribution in [0.1, 0.15) is 24.8 Å². The molecule has 2 saturated heterocycles. The molecule has 0 atom stereocenters. The van der Waals surface area contributed by atoms with Gasteiger partial charge in [0, 0.05) is 31.2 Å². The van der Waals surface area contributed by atoms with E-state index < -0.39 is 10.0 Å². The summed E-state index contributed by atoms with van der Waals surface area (Å²) in [5, 5.41) is 1.12. The quantitative estimate of drug-likeness (QED) is 0.658. The second-order valence-electron chi connectivity index (χ2n) is 8.20. The van der Waals surface area contributed by atoms with E-state index >= 15 is 0 Å². The van der Waals surface area contributed by atoms with E-state index in [0.29, 0.717) is 18.1 Å². The molecule has 0 saturated carbocycles. The van der Waals surface area contributed by atoms with E-state index in [4.69, 9.17) is 23.2 Å². The first kappa shape index (κ1) is 21.1. The van der Waals surface area contributed by atoms with E-state index in [9.17, 15) is 8.42 Å². The second kappa shape index (κ2) is 8.56. The fourth-order valence-corrected chi connectivity index (χ4v) is 6.77. The van der Waals surface area contributed by atoms with E-state index in [1.54, 1.807) is 28.6 Å². The third-order valence-corrected chi connectivity index (χ3v) is 9.18. The average Bonchev–Trinajstić information content (AvgIpc) is 3.10. The van der Waals surface area contributed by atoms with Gasteiger partial charge in [-0.1, -0.05) is 53.5 Å². The van der Waals surface area contributed by atoms with Crippen LogP contribution < -0.4 is 0 Å². The monoisotopic (exact) mass is 452 g/mol. The molecule has 156 valence electrons. The first-order chi connectivity index (χ1) is 13.9. The first-order valence-corrected chi connectivity index (χ1v) is 12.3. The van der Waals surface area contributed by atoms with Crippen molar-refractivity contribution in [3.8, 4) is 0 Å². The van der Waals surface area contributed by atoms with Crippen LogP contribution in [0.5, 0.6) is 0 Å². The van der Waals surface area contributed by atoms with Crippen molar-refractivity contribution < 1.29 is 8.42 Å². The molecule has 4 rings (SSSR count). The van der Waals surface area contributed by atoms with Crippen LogP contribution in [0.3, 0.4) is 0 Å². The predicted octanol–water partition coefficient (Wildman–Crippen LogP) is 4.71. The summed E-state index contributed by atoms with van der Waals surface area (Å²) in [6.45, 7) is 4.23. The lowest BCUT2D eigenvalue weighted by molar-refractivity contribution is 0.155. The summed E-state index contributed by atoms with van der Waals surface area (Å²) >= 11 is 12.4. The molecule has 0 N–H and O–H groups in total. The second-order valence-corrected chi connectivity index (χ2v) is 10.9. The van der Waals surface area contributed by atoms with Crippen LogP contribution >= 0.6 is 23.2 Å². The molecule has 7 heteroatoms. The molecule has 0 radical (unpaired) electrons. The molecule has 4 nitrogen and oxygen atoms in total. The first-order valence-electron chi connectivity index (χ1n) is 10.1. The highest BCUT2D eigenvalue weighted by atomic mass is 35.5. The number of piperidine rings is 1. The molecule has 0 aromatic heterocycles. The Morgan fingerprint density at radius 1 is 0.862 bits per heavy atom. The zero-order valence-electron chi connectivity index (χ0n) is 16.4. The third-order valence-electron chi connectivity index (χ3n) is 6.41. The Balaban J connectivity index is 1.35. The van der Waals surface area contributed by atoms with E-state index in [-0.39, 0.29) is 10.3 Å². The number of hydrogen-bond donors (Lipinski definition) is 0. The number of rotatable bonds is 5. The Labute approximate surface area is 183 Å². The molecule has 2 aliphatic heterocycles. The van der Waals surface area contributed by atoms with Gasteiger partial charge in [0.2, 0.25) is 10.0 Å². The van der Waals surface area contributed by atoms with Crippen molar-refractivity contribution >= 4 is 33.2 Å². The summed E-state index contributed by atoms with van der Waals surface area (Å²) in [5.41, 5.74) is 1.42. The maximum Gasteiger partial charge on any atom is 0.244 e. The number of nitrogens with zero attached hydrogens (tertiary/aromatic N) is 2. The van der Waals surface area contributed by atoms with Crippen LogP contribution in [0.4, 0.5) is 0 Å². The van der Waals surface area contributed by atoms with Crippen LogP contribution in [0.15, 0.2) is 53.4 Å². The van der Waals surface area contributed by atoms with E-state index in [1.165, 1.54) is 5.56 Å². The molecule has 0 aliphatic carbocycles. The number of hydrogen-bond acceptors (Lipinski definition) is 3. The van der Waals surface area contributed by atoms with Gasteiger partial charge in [0.15, 0.2) is 0 Å². The zero-order valence-corrected chi connectivity index (χ0v) is 18.7. The molecule has 0 unspecified atom stereocenters. The van der Waals surface area contributed by atoms with Gasteiger partial charge in [-0.3, -0.25) is 0 Å². The molecule has 1 spiro atoms. The number of halogens is 2. The SMILES string of the molecule is O=S(=O)(c1ccccc1Cl)N1CCC2(CCN(CCc3ccccc3Cl)C2)CC1. The summed E-state index contributed by atoms with van der Waals surface area (Å²) in [6, 6.07) is 14.7. The van der Waals surface area contributed by atoms with Gasteiger partial charge in [-0.05, 0) is 61.4 Å². The molecule has 2 heterocycles. The van der Waals surface area contributed by atoms with Crippen LogP contribution in [0.25, 0.3) is 0 Å². The summed E-state index contributed by atoms with van der Waals surface area (Å²) < 4.78 is 27.6. The van der Waals surface area contributed by atoms with E-state index in [0.717, 1.165) is 50.3 Å². The van der Waals surface area contributed by atoms with Crippen LogP contribution in [-0.2, 0) is 16.4 Å². The molecular formula is C22H26Cl2N2O2S. The highest BCUT2D eigenvalue weighted by molar-refractivity contribution is 7.89. The molecule has 29 heavy (non-hydrogen) atoms. The number of benzene rings is 2. The summed E-state index contributed by atoms with van der Waals surface area (Å²) in [5.74, 6) is 0. The molecule has 2 aromatic rings. The smallest absolute Gasteiger partial charge is 0.244 e. The zero-order chi connectivity index (χ0) is 20.5. The average molecular weight is 453 g/mol. The number of likely N-dealkylation sites (tertiary alicyclic amines) is 1. The normalized spacial score (nSPS) is 20.3. The van der Waals surface area contributed by atoms with Gasteiger partial charge in [-0.25, -0.2) is 8.42 Å². The maximum atomic E-state index is 13.0. The molecule has 2 aliphatic rings. The molecule has 0 bridgehead atoms. The van der Waals surface area contributed by atoms with Gasteiger partial charge in [0.25, 0.3) is 0 Å². The lowest BCUT2D eigenvalue weighted by Crippen LogP contribution is -2.44. The van der Waals surface area contributed by atoms with Gasteiger partial charge in [-0.15, -0.1) is 0 Å². The van der Waals surface area contributed by atoms with Gasteiger partial charge in [0.05, 0.1) is 5.02 Å². The fraction of sp³-hybridized carbons (Fsp3) is 0.455. The van der Waals surface area contributed by atoms with Crippen molar-refractivity contribution in [3.63, 3.8) is 0 Å². The van der Waals surface area contributed by atoms with E-state index in [2.05, 4.69) is 11.0 Å². The van der Waals surface area contributed by atoms with Crippen molar-refractivity contribution in [2.75, 3.05) is 32.7 Å². The van der Waals surface area contributed by atoms with Gasteiger partial charge in [-0.2, -0.15) is 4.31 Å². The lowest BCUT2D eigenvalue weighted by atomic mass is 9.78. The Morgan fingerprint density at radius 3 is 2.17 bits per heavy atom. The molecular weight excluding hydrogens is 427 g/mol. The minimum Gasteiger partial charge on any atom is -0.302 e. The third kappa shape index (κ3) is 4.49. The van der Waals surface area contributed by atoms with Crippen molar-refractivity contribution in [1.82, 2.24) is 9.21 Å². The Bertz CT molecular complexity index is 972. The topological polar surface area (TPSA) is 40.6 Å². The number of sulfonamides is 1. The van der Waals surface area contributed by atoms with Crippen LogP contribution in [0, 0.1) is 5.41 Å². The Hall–Kier alpha value is -1.11. The van der Waals surface area contributed by atoms with Gasteiger partial charge < -0.3 is 4.90 Å². The Morgan fingerprint density at radius 2 is 1.48 bits per heavy atom. The van der Waals surface area contributed by atoms with Crippen molar-refractivity contribution in [2.45, 2.75) is 30.6 Å². The summed E-state index contributed by atoms with van der Waals surface area (Å²) in [7, 11) is -3.53. The summed E-state index contributed by atoms with van der Waals surface area (Å²) in [4.78, 5) is 2.71. The highest BCUT2D eigenvalue weighted by Gasteiger charge is 2.42. The van der Waals surface area contributed by atoms with E-state index in [1.807, 2.05) is 18.2 Å². The molecule has 0 amide bonds. The van der Waals surface area contributed by atoms with Crippen molar-refractivity contribution in [3.05, 3.63) is 64.1 Å². The van der Waals surface area contributed by atoms with Gasteiger partial charge >= 0.3 is 0 Å². The van der Waals surface area contributed by atoms with Gasteiger partial charge in [0.1, 0.15) is 4.90 Å². The van der Waals surface area contributed by atoms with Crippen LogP contribution in [-0.4, -0.2) is 50.3 Å².